The van der Waals surface area contributed by atoms with Gasteiger partial charge in [0.05, 0.1) is 5.60 Å². The van der Waals surface area contributed by atoms with Crippen LogP contribution in [0.25, 0.3) is 0 Å². The number of carboxylic acid groups (broad SMARTS) is 1. The molecule has 0 saturated heterocycles. The van der Waals surface area contributed by atoms with Gasteiger partial charge in [-0.15, -0.1) is 0 Å². The van der Waals surface area contributed by atoms with E-state index in [1.807, 2.05) is 13.8 Å². The van der Waals surface area contributed by atoms with Crippen molar-refractivity contribution in [3.05, 3.63) is 0 Å². The number of rotatable bonds is 5. The summed E-state index contributed by atoms with van der Waals surface area (Å²) in [6.45, 7) is 9.44. The first-order valence-electron chi connectivity index (χ1n) is 5.98. The maximum atomic E-state index is 11.1. The number of aliphatic hydroxyl groups is 1. The van der Waals surface area contributed by atoms with E-state index in [1.165, 1.54) is 0 Å². The van der Waals surface area contributed by atoms with Gasteiger partial charge >= 0.3 is 5.97 Å². The molecule has 1 fully saturated rings. The zero-order chi connectivity index (χ0) is 13.4. The van der Waals surface area contributed by atoms with Crippen LogP contribution in [0.1, 0.15) is 34.6 Å². The summed E-state index contributed by atoms with van der Waals surface area (Å²) in [4.78, 5) is 11.1. The summed E-state index contributed by atoms with van der Waals surface area (Å²) < 4.78 is 5.25. The first kappa shape index (κ1) is 14.4. The van der Waals surface area contributed by atoms with E-state index in [4.69, 9.17) is 9.84 Å². The molecule has 3 N–H and O–H groups in total. The van der Waals surface area contributed by atoms with Crippen molar-refractivity contribution < 1.29 is 19.7 Å². The highest BCUT2D eigenvalue weighted by Crippen LogP contribution is 2.47. The number of aliphatic carboxylic acids is 1. The zero-order valence-electron chi connectivity index (χ0n) is 11.1. The Morgan fingerprint density at radius 1 is 1.29 bits per heavy atom. The molecule has 1 rings (SSSR count). The summed E-state index contributed by atoms with van der Waals surface area (Å²) in [6, 6.07) is -0.752. The second-order valence-corrected chi connectivity index (χ2v) is 5.86. The lowest BCUT2D eigenvalue weighted by Crippen LogP contribution is -2.48. The van der Waals surface area contributed by atoms with Crippen molar-refractivity contribution in [2.24, 2.45) is 17.8 Å². The Balaban J connectivity index is 2.54. The molecule has 1 aliphatic carbocycles. The molecule has 1 unspecified atom stereocenters. The van der Waals surface area contributed by atoms with Crippen molar-refractivity contribution in [1.82, 2.24) is 5.32 Å². The standard InChI is InChI=1S/C12H23NO4/c1-6-7(2)8(6)9(10(14)15)13-11(16)17-12(3,4)5/h6-9,11,13,16H,1-5H3,(H,14,15)/t6-,7-,9-,11?/m0/s1. The maximum absolute atomic E-state index is 11.1. The molecule has 0 amide bonds. The number of carboxylic acids is 1. The third-order valence-electron chi connectivity index (χ3n) is 3.34. The Morgan fingerprint density at radius 2 is 1.76 bits per heavy atom. The van der Waals surface area contributed by atoms with Gasteiger partial charge in [0.25, 0.3) is 0 Å². The van der Waals surface area contributed by atoms with E-state index in [0.29, 0.717) is 11.8 Å². The van der Waals surface area contributed by atoms with Crippen LogP contribution < -0.4 is 5.32 Å². The zero-order valence-corrected chi connectivity index (χ0v) is 11.1. The molecular formula is C12H23NO4. The van der Waals surface area contributed by atoms with Gasteiger partial charge in [0.1, 0.15) is 6.04 Å². The Bertz CT molecular complexity index is 279. The van der Waals surface area contributed by atoms with Crippen LogP contribution in [-0.4, -0.2) is 34.2 Å². The van der Waals surface area contributed by atoms with Crippen LogP contribution in [0, 0.1) is 17.8 Å². The summed E-state index contributed by atoms with van der Waals surface area (Å²) in [5.74, 6) is -0.149. The Labute approximate surface area is 102 Å². The van der Waals surface area contributed by atoms with E-state index in [-0.39, 0.29) is 5.92 Å². The summed E-state index contributed by atoms with van der Waals surface area (Å²) in [5, 5.41) is 21.4. The summed E-state index contributed by atoms with van der Waals surface area (Å²) in [6.07, 6.45) is -1.25. The topological polar surface area (TPSA) is 78.8 Å². The molecule has 1 saturated carbocycles. The van der Waals surface area contributed by atoms with Crippen LogP contribution in [0.15, 0.2) is 0 Å². The lowest BCUT2D eigenvalue weighted by atomic mass is 10.1. The van der Waals surface area contributed by atoms with Gasteiger partial charge in [-0.05, 0) is 38.5 Å². The highest BCUT2D eigenvalue weighted by Gasteiger charge is 2.51. The van der Waals surface area contributed by atoms with E-state index < -0.39 is 24.0 Å². The minimum atomic E-state index is -1.25. The second kappa shape index (κ2) is 4.92. The van der Waals surface area contributed by atoms with Crippen LogP contribution in [0.3, 0.4) is 0 Å². The summed E-state index contributed by atoms with van der Waals surface area (Å²) in [7, 11) is 0. The minimum Gasteiger partial charge on any atom is -0.480 e. The highest BCUT2D eigenvalue weighted by atomic mass is 16.6. The number of carbonyl (C=O) groups is 1. The van der Waals surface area contributed by atoms with Gasteiger partial charge in [-0.25, -0.2) is 0 Å². The van der Waals surface area contributed by atoms with Gasteiger partial charge in [-0.3, -0.25) is 10.1 Å². The van der Waals surface area contributed by atoms with Crippen molar-refractivity contribution in [3.8, 4) is 0 Å². The van der Waals surface area contributed by atoms with E-state index in [2.05, 4.69) is 5.32 Å². The van der Waals surface area contributed by atoms with E-state index in [9.17, 15) is 9.90 Å². The average molecular weight is 245 g/mol. The third kappa shape index (κ3) is 3.94. The average Bonchev–Trinajstić information content (AvgIpc) is 2.67. The Morgan fingerprint density at radius 3 is 2.06 bits per heavy atom. The molecule has 1 aliphatic rings. The number of hydrogen-bond donors (Lipinski definition) is 3. The monoisotopic (exact) mass is 245 g/mol. The van der Waals surface area contributed by atoms with Crippen molar-refractivity contribution in [2.75, 3.05) is 0 Å². The molecule has 0 aromatic carbocycles. The fourth-order valence-corrected chi connectivity index (χ4v) is 2.18. The van der Waals surface area contributed by atoms with E-state index >= 15 is 0 Å². The van der Waals surface area contributed by atoms with Crippen LogP contribution in [0.2, 0.25) is 0 Å². The van der Waals surface area contributed by atoms with Crippen LogP contribution in [0.4, 0.5) is 0 Å². The SMILES string of the molecule is C[C@@H]1C([C@H](NC(O)OC(C)(C)C)C(=O)O)[C@H]1C. The molecular weight excluding hydrogens is 222 g/mol. The van der Waals surface area contributed by atoms with Crippen LogP contribution in [-0.2, 0) is 9.53 Å². The van der Waals surface area contributed by atoms with Gasteiger partial charge in [0, 0.05) is 0 Å². The fraction of sp³-hybridized carbons (Fsp3) is 0.917. The smallest absolute Gasteiger partial charge is 0.321 e. The van der Waals surface area contributed by atoms with Crippen molar-refractivity contribution >= 4 is 5.97 Å². The molecule has 17 heavy (non-hydrogen) atoms. The maximum Gasteiger partial charge on any atom is 0.321 e. The Kier molecular flexibility index (Phi) is 4.17. The molecule has 0 radical (unpaired) electrons. The molecule has 0 spiro atoms. The van der Waals surface area contributed by atoms with Gasteiger partial charge < -0.3 is 14.9 Å². The number of hydrogen-bond acceptors (Lipinski definition) is 4. The quantitative estimate of drug-likeness (QED) is 0.630. The highest BCUT2D eigenvalue weighted by molar-refractivity contribution is 5.74. The first-order chi connectivity index (χ1) is 7.63. The molecule has 4 atom stereocenters. The van der Waals surface area contributed by atoms with Gasteiger partial charge in [-0.1, -0.05) is 13.8 Å². The van der Waals surface area contributed by atoms with Crippen molar-refractivity contribution in [2.45, 2.75) is 52.7 Å². The van der Waals surface area contributed by atoms with E-state index in [1.54, 1.807) is 20.8 Å². The van der Waals surface area contributed by atoms with Crippen LogP contribution in [0.5, 0.6) is 0 Å². The van der Waals surface area contributed by atoms with E-state index in [0.717, 1.165) is 0 Å². The Hall–Kier alpha value is -0.650. The lowest BCUT2D eigenvalue weighted by Gasteiger charge is -2.26. The molecule has 5 heteroatoms. The lowest BCUT2D eigenvalue weighted by molar-refractivity contribution is -0.190. The van der Waals surface area contributed by atoms with Crippen molar-refractivity contribution in [3.63, 3.8) is 0 Å². The second-order valence-electron chi connectivity index (χ2n) is 5.86. The van der Waals surface area contributed by atoms with Crippen LogP contribution >= 0.6 is 0 Å². The van der Waals surface area contributed by atoms with Gasteiger partial charge in [-0.2, -0.15) is 0 Å². The van der Waals surface area contributed by atoms with Gasteiger partial charge in [0.2, 0.25) is 6.41 Å². The van der Waals surface area contributed by atoms with Crippen molar-refractivity contribution in [1.29, 1.82) is 0 Å². The third-order valence-corrected chi connectivity index (χ3v) is 3.34. The predicted molar refractivity (Wildman–Crippen MR) is 63.2 cm³/mol. The molecule has 0 aliphatic heterocycles. The molecule has 5 nitrogen and oxygen atoms in total. The fourth-order valence-electron chi connectivity index (χ4n) is 2.18. The molecule has 0 bridgehead atoms. The molecule has 0 aromatic heterocycles. The largest absolute Gasteiger partial charge is 0.480 e. The summed E-state index contributed by atoms with van der Waals surface area (Å²) >= 11 is 0. The van der Waals surface area contributed by atoms with Gasteiger partial charge in [0.15, 0.2) is 0 Å². The molecule has 100 valence electrons. The minimum absolute atomic E-state index is 0.0609. The predicted octanol–water partition coefficient (Wildman–Crippen LogP) is 1.02. The molecule has 0 heterocycles. The first-order valence-corrected chi connectivity index (χ1v) is 5.98. The number of ether oxygens (including phenoxy) is 1. The number of nitrogens with one attached hydrogen (secondary N) is 1. The molecule has 0 aromatic rings. The normalized spacial score (nSPS) is 32.0. The number of aliphatic hydroxyl groups excluding tert-OH is 1. The summed E-state index contributed by atoms with van der Waals surface area (Å²) in [5.41, 5.74) is -0.518.